The van der Waals surface area contributed by atoms with Gasteiger partial charge < -0.3 is 10.0 Å². The van der Waals surface area contributed by atoms with Crippen molar-refractivity contribution in [3.63, 3.8) is 0 Å². The first-order valence-corrected chi connectivity index (χ1v) is 8.49. The van der Waals surface area contributed by atoms with Gasteiger partial charge in [0.05, 0.1) is 6.04 Å². The van der Waals surface area contributed by atoms with Crippen LogP contribution in [0.25, 0.3) is 0 Å². The van der Waals surface area contributed by atoms with Crippen LogP contribution in [0.5, 0.6) is 5.75 Å². The number of carbonyl (C=O) groups is 1. The second-order valence-electron chi connectivity index (χ2n) is 5.67. The van der Waals surface area contributed by atoms with Crippen molar-refractivity contribution in [2.75, 3.05) is 5.33 Å². The molecule has 0 radical (unpaired) electrons. The fourth-order valence-corrected chi connectivity index (χ4v) is 3.71. The van der Waals surface area contributed by atoms with E-state index >= 15 is 0 Å². The van der Waals surface area contributed by atoms with Gasteiger partial charge in [0.15, 0.2) is 0 Å². The van der Waals surface area contributed by atoms with Gasteiger partial charge in [-0.15, -0.1) is 0 Å². The van der Waals surface area contributed by atoms with E-state index in [-0.39, 0.29) is 23.6 Å². The van der Waals surface area contributed by atoms with E-state index in [1.54, 1.807) is 12.1 Å². The lowest BCUT2D eigenvalue weighted by atomic mass is 9.95. The molecule has 0 spiro atoms. The Morgan fingerprint density at radius 3 is 2.59 bits per heavy atom. The van der Waals surface area contributed by atoms with Crippen molar-refractivity contribution in [3.05, 3.63) is 65.7 Å². The molecular weight excluding hydrogens is 342 g/mol. The van der Waals surface area contributed by atoms with Crippen molar-refractivity contribution in [2.45, 2.75) is 19.0 Å². The number of alkyl halides is 1. The molecule has 0 aliphatic carbocycles. The predicted octanol–water partition coefficient (Wildman–Crippen LogP) is 3.88. The third-order valence-electron chi connectivity index (χ3n) is 4.15. The Morgan fingerprint density at radius 1 is 1.14 bits per heavy atom. The van der Waals surface area contributed by atoms with Crippen molar-refractivity contribution < 1.29 is 9.90 Å². The van der Waals surface area contributed by atoms with E-state index in [1.807, 2.05) is 47.4 Å². The van der Waals surface area contributed by atoms with Gasteiger partial charge >= 0.3 is 0 Å². The van der Waals surface area contributed by atoms with E-state index in [4.69, 9.17) is 0 Å². The van der Waals surface area contributed by atoms with Gasteiger partial charge in [0.2, 0.25) is 5.91 Å². The van der Waals surface area contributed by atoms with E-state index in [1.165, 1.54) is 0 Å². The van der Waals surface area contributed by atoms with Crippen LogP contribution in [-0.4, -0.2) is 21.2 Å². The molecule has 114 valence electrons. The highest BCUT2D eigenvalue weighted by Crippen LogP contribution is 2.40. The first-order valence-electron chi connectivity index (χ1n) is 7.37. The summed E-state index contributed by atoms with van der Waals surface area (Å²) >= 11 is 3.53. The molecule has 1 fully saturated rings. The normalized spacial score (nSPS) is 21.3. The molecule has 4 heteroatoms. The summed E-state index contributed by atoms with van der Waals surface area (Å²) < 4.78 is 0. The molecule has 2 aromatic carbocycles. The second kappa shape index (κ2) is 6.53. The van der Waals surface area contributed by atoms with E-state index in [0.29, 0.717) is 13.0 Å². The molecule has 2 atom stereocenters. The number of nitrogens with zero attached hydrogens (tertiary/aromatic N) is 1. The lowest BCUT2D eigenvalue weighted by molar-refractivity contribution is -0.129. The number of rotatable bonds is 4. The molecule has 3 nitrogen and oxygen atoms in total. The van der Waals surface area contributed by atoms with Crippen LogP contribution in [0.4, 0.5) is 0 Å². The largest absolute Gasteiger partial charge is 0.508 e. The van der Waals surface area contributed by atoms with Crippen LogP contribution in [-0.2, 0) is 11.3 Å². The topological polar surface area (TPSA) is 40.5 Å². The highest BCUT2D eigenvalue weighted by Gasteiger charge is 2.39. The van der Waals surface area contributed by atoms with E-state index in [0.717, 1.165) is 16.5 Å². The number of phenols is 1. The molecule has 1 aliphatic rings. The highest BCUT2D eigenvalue weighted by atomic mass is 79.9. The van der Waals surface area contributed by atoms with Crippen LogP contribution < -0.4 is 0 Å². The summed E-state index contributed by atoms with van der Waals surface area (Å²) in [6.45, 7) is 0.601. The number of halogens is 1. The summed E-state index contributed by atoms with van der Waals surface area (Å²) in [5.74, 6) is 0.629. The maximum atomic E-state index is 12.5. The van der Waals surface area contributed by atoms with Crippen LogP contribution in [0.15, 0.2) is 54.6 Å². The number of likely N-dealkylation sites (tertiary alicyclic amines) is 1. The Hall–Kier alpha value is -1.81. The van der Waals surface area contributed by atoms with Crippen LogP contribution >= 0.6 is 15.9 Å². The van der Waals surface area contributed by atoms with Gasteiger partial charge in [-0.05, 0) is 23.3 Å². The molecule has 1 aliphatic heterocycles. The maximum Gasteiger partial charge on any atom is 0.223 e. The van der Waals surface area contributed by atoms with Gasteiger partial charge in [-0.1, -0.05) is 58.4 Å². The molecule has 0 bridgehead atoms. The molecule has 2 unspecified atom stereocenters. The molecule has 1 saturated heterocycles. The average Bonchev–Trinajstić information content (AvgIpc) is 2.84. The number of benzene rings is 2. The summed E-state index contributed by atoms with van der Waals surface area (Å²) in [6.07, 6.45) is 0.540. The maximum absolute atomic E-state index is 12.5. The first-order chi connectivity index (χ1) is 10.7. The lowest BCUT2D eigenvalue weighted by Gasteiger charge is -2.28. The van der Waals surface area contributed by atoms with Crippen molar-refractivity contribution in [1.29, 1.82) is 0 Å². The minimum absolute atomic E-state index is 0.000758. The Balaban J connectivity index is 1.93. The van der Waals surface area contributed by atoms with E-state index in [2.05, 4.69) is 15.9 Å². The zero-order valence-electron chi connectivity index (χ0n) is 12.2. The third kappa shape index (κ3) is 3.02. The van der Waals surface area contributed by atoms with E-state index < -0.39 is 0 Å². The van der Waals surface area contributed by atoms with Crippen LogP contribution in [0, 0.1) is 5.92 Å². The Bertz CT molecular complexity index is 659. The number of aromatic hydroxyl groups is 1. The number of carbonyl (C=O) groups excluding carboxylic acids is 1. The summed E-state index contributed by atoms with van der Waals surface area (Å²) in [7, 11) is 0. The summed E-state index contributed by atoms with van der Waals surface area (Å²) in [5, 5.41) is 10.5. The molecule has 22 heavy (non-hydrogen) atoms. The van der Waals surface area contributed by atoms with Gasteiger partial charge in [0, 0.05) is 24.2 Å². The summed E-state index contributed by atoms with van der Waals surface area (Å²) in [5.41, 5.74) is 2.11. The number of hydrogen-bond acceptors (Lipinski definition) is 2. The van der Waals surface area contributed by atoms with E-state index in [9.17, 15) is 9.90 Å². The minimum Gasteiger partial charge on any atom is -0.508 e. The monoisotopic (exact) mass is 359 g/mol. The van der Waals surface area contributed by atoms with Crippen molar-refractivity contribution in [2.24, 2.45) is 5.92 Å². The zero-order chi connectivity index (χ0) is 15.5. The van der Waals surface area contributed by atoms with Gasteiger partial charge in [-0.3, -0.25) is 4.79 Å². The van der Waals surface area contributed by atoms with Crippen molar-refractivity contribution in [1.82, 2.24) is 4.90 Å². The predicted molar refractivity (Wildman–Crippen MR) is 89.7 cm³/mol. The van der Waals surface area contributed by atoms with Gasteiger partial charge in [0.25, 0.3) is 0 Å². The average molecular weight is 360 g/mol. The molecule has 1 heterocycles. The minimum atomic E-state index is -0.000758. The van der Waals surface area contributed by atoms with Gasteiger partial charge in [-0.25, -0.2) is 0 Å². The van der Waals surface area contributed by atoms with Crippen LogP contribution in [0.1, 0.15) is 23.6 Å². The molecule has 1 N–H and O–H groups in total. The highest BCUT2D eigenvalue weighted by molar-refractivity contribution is 9.09. The van der Waals surface area contributed by atoms with Crippen LogP contribution in [0.2, 0.25) is 0 Å². The molecule has 3 rings (SSSR count). The van der Waals surface area contributed by atoms with Crippen molar-refractivity contribution >= 4 is 21.8 Å². The Labute approximate surface area is 138 Å². The zero-order valence-corrected chi connectivity index (χ0v) is 13.7. The summed E-state index contributed by atoms with van der Waals surface area (Å²) in [6, 6.07) is 17.3. The Morgan fingerprint density at radius 2 is 1.91 bits per heavy atom. The van der Waals surface area contributed by atoms with Gasteiger partial charge in [-0.2, -0.15) is 0 Å². The number of hydrogen-bond donors (Lipinski definition) is 1. The quantitative estimate of drug-likeness (QED) is 0.841. The second-order valence-corrected chi connectivity index (χ2v) is 6.31. The smallest absolute Gasteiger partial charge is 0.223 e. The standard InChI is InChI=1S/C18H18BrNO2/c19-11-15-10-17(22)20(12-13-5-2-1-3-6-13)18(15)14-7-4-8-16(21)9-14/h1-9,15,18,21H,10-12H2. The summed E-state index contributed by atoms with van der Waals surface area (Å²) in [4.78, 5) is 14.4. The molecule has 1 amide bonds. The Kier molecular flexibility index (Phi) is 4.48. The SMILES string of the molecule is O=C1CC(CBr)C(c2cccc(O)c2)N1Cc1ccccc1. The fourth-order valence-electron chi connectivity index (χ4n) is 3.13. The number of phenolic OH excluding ortho intramolecular Hbond substituents is 1. The van der Waals surface area contributed by atoms with Gasteiger partial charge in [0.1, 0.15) is 5.75 Å². The molecule has 0 saturated carbocycles. The molecule has 0 aromatic heterocycles. The molecule has 2 aromatic rings. The number of amides is 1. The van der Waals surface area contributed by atoms with Crippen LogP contribution in [0.3, 0.4) is 0 Å². The fraction of sp³-hybridized carbons (Fsp3) is 0.278. The third-order valence-corrected chi connectivity index (χ3v) is 4.98. The van der Waals surface area contributed by atoms with Crippen molar-refractivity contribution in [3.8, 4) is 5.75 Å². The first kappa shape index (κ1) is 15.1. The lowest BCUT2D eigenvalue weighted by Crippen LogP contribution is -2.28. The molecular formula is C18H18BrNO2.